The number of rotatable bonds is 23. The Morgan fingerprint density at radius 3 is 1.13 bits per heavy atom. The van der Waals surface area contributed by atoms with E-state index in [0.29, 0.717) is 12.2 Å². The molecule has 0 aliphatic carbocycles. The van der Waals surface area contributed by atoms with Crippen LogP contribution in [-0.2, 0) is 19.4 Å². The molecule has 0 fully saturated rings. The molecule has 0 N–H and O–H groups in total. The fraction of sp³-hybridized carbons (Fsp3) is 0.957. The van der Waals surface area contributed by atoms with Gasteiger partial charge in [-0.3, -0.25) is 4.18 Å². The molecule has 0 heterocycles. The summed E-state index contributed by atoms with van der Waals surface area (Å²) in [6, 6.07) is 0. The first-order chi connectivity index (χ1) is 13.9. The minimum Gasteiger partial charge on any atom is -0.726 e. The molecule has 0 spiro atoms. The van der Waals surface area contributed by atoms with Crippen molar-refractivity contribution in [1.82, 2.24) is 0 Å². The number of Topliss-reactive ketones (excluding diaryl/α,β-unsaturated/α-hetero) is 1. The summed E-state index contributed by atoms with van der Waals surface area (Å²) < 4.78 is 35.0. The Labute approximate surface area is 208 Å². The van der Waals surface area contributed by atoms with Gasteiger partial charge in [-0.05, 0) is 19.8 Å². The van der Waals surface area contributed by atoms with Gasteiger partial charge in [-0.25, -0.2) is 8.42 Å². The van der Waals surface area contributed by atoms with E-state index in [9.17, 15) is 17.8 Å². The van der Waals surface area contributed by atoms with Crippen LogP contribution in [0.5, 0.6) is 0 Å². The minimum absolute atomic E-state index is 0. The van der Waals surface area contributed by atoms with Crippen molar-refractivity contribution in [2.45, 2.75) is 135 Å². The van der Waals surface area contributed by atoms with Gasteiger partial charge >= 0.3 is 29.6 Å². The molecule has 0 radical (unpaired) electrons. The molecule has 0 rings (SSSR count). The van der Waals surface area contributed by atoms with Crippen molar-refractivity contribution in [3.8, 4) is 0 Å². The number of carbonyl (C=O) groups is 1. The van der Waals surface area contributed by atoms with E-state index in [0.717, 1.165) is 25.7 Å². The van der Waals surface area contributed by atoms with Crippen LogP contribution in [0.1, 0.15) is 135 Å². The van der Waals surface area contributed by atoms with Crippen LogP contribution >= 0.6 is 0 Å². The van der Waals surface area contributed by atoms with E-state index in [2.05, 4.69) is 4.18 Å². The molecule has 0 aromatic rings. The van der Waals surface area contributed by atoms with E-state index in [1.165, 1.54) is 96.3 Å². The molecule has 0 saturated carbocycles. The van der Waals surface area contributed by atoms with E-state index in [-0.39, 0.29) is 36.2 Å². The maximum absolute atomic E-state index is 10.8. The van der Waals surface area contributed by atoms with E-state index < -0.39 is 10.4 Å². The van der Waals surface area contributed by atoms with E-state index in [1.807, 2.05) is 0 Å². The molecule has 174 valence electrons. The SMILES string of the molecule is CC(=O)CCCCCCCCCCCCCCCCCCCCCOS(=O)(=O)[O-].[Na+]. The largest absolute Gasteiger partial charge is 1.00 e. The van der Waals surface area contributed by atoms with E-state index in [1.54, 1.807) is 6.92 Å². The van der Waals surface area contributed by atoms with Gasteiger partial charge in [-0.2, -0.15) is 0 Å². The number of carbonyl (C=O) groups excluding carboxylic acids is 1. The number of unbranched alkanes of at least 4 members (excludes halogenated alkanes) is 18. The van der Waals surface area contributed by atoms with Crippen molar-refractivity contribution in [3.05, 3.63) is 0 Å². The average Bonchev–Trinajstić information content (AvgIpc) is 2.64. The van der Waals surface area contributed by atoms with Gasteiger partial charge in [0.2, 0.25) is 10.4 Å². The topological polar surface area (TPSA) is 83.5 Å². The summed E-state index contributed by atoms with van der Waals surface area (Å²) in [5, 5.41) is 0. The molecule has 0 amide bonds. The zero-order valence-electron chi connectivity index (χ0n) is 19.8. The molecule has 7 heteroatoms. The fourth-order valence-corrected chi connectivity index (χ4v) is 3.96. The van der Waals surface area contributed by atoms with Crippen molar-refractivity contribution in [2.24, 2.45) is 0 Å². The Kier molecular flexibility index (Phi) is 26.4. The summed E-state index contributed by atoms with van der Waals surface area (Å²) in [6.07, 6.45) is 24.3. The fourth-order valence-electron chi connectivity index (χ4n) is 3.64. The summed E-state index contributed by atoms with van der Waals surface area (Å²) in [5.74, 6) is 0.322. The van der Waals surface area contributed by atoms with Gasteiger partial charge in [0.25, 0.3) is 0 Å². The zero-order valence-corrected chi connectivity index (χ0v) is 22.6. The molecule has 0 saturated heterocycles. The normalized spacial score (nSPS) is 11.4. The quantitative estimate of drug-likeness (QED) is 0.101. The molecule has 0 aromatic heterocycles. The number of hydrogen-bond acceptors (Lipinski definition) is 5. The van der Waals surface area contributed by atoms with Crippen molar-refractivity contribution >= 4 is 16.2 Å². The van der Waals surface area contributed by atoms with Crippen LogP contribution in [-0.4, -0.2) is 25.4 Å². The maximum Gasteiger partial charge on any atom is 1.00 e. The molecule has 5 nitrogen and oxygen atoms in total. The van der Waals surface area contributed by atoms with Crippen LogP contribution in [0.4, 0.5) is 0 Å². The minimum atomic E-state index is -4.51. The van der Waals surface area contributed by atoms with Crippen LogP contribution in [0.15, 0.2) is 0 Å². The molecule has 30 heavy (non-hydrogen) atoms. The summed E-state index contributed by atoms with van der Waals surface area (Å²) in [6.45, 7) is 1.70. The van der Waals surface area contributed by atoms with Crippen LogP contribution < -0.4 is 29.6 Å². The Hall–Kier alpha value is 0.540. The Bertz CT molecular complexity index is 468. The standard InChI is InChI=1S/C23H46O5S.Na/c1-23(24)21-19-17-15-13-11-9-7-5-3-2-4-6-8-10-12-14-16-18-20-22-28-29(25,26)27;/h2-22H2,1H3,(H,25,26,27);/q;+1/p-1. The molecule has 0 atom stereocenters. The van der Waals surface area contributed by atoms with Crippen LogP contribution in [0.3, 0.4) is 0 Å². The third-order valence-corrected chi connectivity index (χ3v) is 5.86. The van der Waals surface area contributed by atoms with Crippen LogP contribution in [0.25, 0.3) is 0 Å². The predicted octanol–water partition coefficient (Wildman–Crippen LogP) is 3.86. The maximum atomic E-state index is 10.8. The van der Waals surface area contributed by atoms with Crippen LogP contribution in [0.2, 0.25) is 0 Å². The Morgan fingerprint density at radius 2 is 0.867 bits per heavy atom. The van der Waals surface area contributed by atoms with Gasteiger partial charge in [0.05, 0.1) is 6.61 Å². The first kappa shape index (κ1) is 32.7. The van der Waals surface area contributed by atoms with Crippen LogP contribution in [0, 0.1) is 0 Å². The van der Waals surface area contributed by atoms with Crippen molar-refractivity contribution in [2.75, 3.05) is 6.61 Å². The van der Waals surface area contributed by atoms with E-state index >= 15 is 0 Å². The zero-order chi connectivity index (χ0) is 21.6. The van der Waals surface area contributed by atoms with Gasteiger partial charge < -0.3 is 9.35 Å². The first-order valence-electron chi connectivity index (χ1n) is 12.0. The summed E-state index contributed by atoms with van der Waals surface area (Å²) in [4.78, 5) is 10.8. The molecule has 0 aromatic carbocycles. The second kappa shape index (κ2) is 24.2. The first-order valence-corrected chi connectivity index (χ1v) is 13.3. The summed E-state index contributed by atoms with van der Waals surface area (Å²) in [7, 11) is -4.51. The van der Waals surface area contributed by atoms with Crippen molar-refractivity contribution in [3.63, 3.8) is 0 Å². The Balaban J connectivity index is 0. The van der Waals surface area contributed by atoms with Gasteiger partial charge in [0.1, 0.15) is 5.78 Å². The second-order valence-electron chi connectivity index (χ2n) is 8.40. The van der Waals surface area contributed by atoms with Gasteiger partial charge in [0, 0.05) is 6.42 Å². The molecule has 0 bridgehead atoms. The predicted molar refractivity (Wildman–Crippen MR) is 119 cm³/mol. The third kappa shape index (κ3) is 30.7. The Morgan fingerprint density at radius 1 is 0.600 bits per heavy atom. The van der Waals surface area contributed by atoms with Crippen molar-refractivity contribution < 1.29 is 51.5 Å². The molecule has 0 aliphatic rings. The number of hydrogen-bond donors (Lipinski definition) is 0. The average molecular weight is 457 g/mol. The molecular formula is C23H45NaO5S. The summed E-state index contributed by atoms with van der Waals surface area (Å²) >= 11 is 0. The smallest absolute Gasteiger partial charge is 0.726 e. The van der Waals surface area contributed by atoms with Crippen molar-refractivity contribution in [1.29, 1.82) is 0 Å². The van der Waals surface area contributed by atoms with Gasteiger partial charge in [0.15, 0.2) is 0 Å². The van der Waals surface area contributed by atoms with E-state index in [4.69, 9.17) is 0 Å². The molecular weight excluding hydrogens is 411 g/mol. The van der Waals surface area contributed by atoms with Gasteiger partial charge in [-0.1, -0.05) is 109 Å². The monoisotopic (exact) mass is 456 g/mol. The third-order valence-electron chi connectivity index (χ3n) is 5.40. The molecule has 0 aliphatic heterocycles. The number of ketones is 1. The summed E-state index contributed by atoms with van der Waals surface area (Å²) in [5.41, 5.74) is 0. The molecule has 0 unspecified atom stereocenters. The second-order valence-corrected chi connectivity index (χ2v) is 9.45. The van der Waals surface area contributed by atoms with Gasteiger partial charge in [-0.15, -0.1) is 0 Å².